The number of hydrogen-bond donors (Lipinski definition) is 1. The van der Waals surface area contributed by atoms with Gasteiger partial charge in [0.2, 0.25) is 5.91 Å². The van der Waals surface area contributed by atoms with Crippen LogP contribution in [0.25, 0.3) is 0 Å². The van der Waals surface area contributed by atoms with E-state index in [2.05, 4.69) is 10.2 Å². The van der Waals surface area contributed by atoms with Gasteiger partial charge in [-0.2, -0.15) is 26.3 Å². The van der Waals surface area contributed by atoms with Gasteiger partial charge in [0, 0.05) is 40.5 Å². The van der Waals surface area contributed by atoms with Crippen LogP contribution in [0, 0.1) is 5.92 Å². The quantitative estimate of drug-likeness (QED) is 0.394. The summed E-state index contributed by atoms with van der Waals surface area (Å²) in [5, 5.41) is 3.43. The minimum absolute atomic E-state index is 0.0917. The molecule has 0 bridgehead atoms. The van der Waals surface area contributed by atoms with Crippen molar-refractivity contribution in [2.75, 3.05) is 46.4 Å². The van der Waals surface area contributed by atoms with Crippen molar-refractivity contribution in [1.82, 2.24) is 15.1 Å². The van der Waals surface area contributed by atoms with Gasteiger partial charge >= 0.3 is 12.4 Å². The van der Waals surface area contributed by atoms with Gasteiger partial charge < -0.3 is 19.9 Å². The summed E-state index contributed by atoms with van der Waals surface area (Å²) in [5.41, 5.74) is -3.19. The molecule has 5 nitrogen and oxygen atoms in total. The van der Waals surface area contributed by atoms with Gasteiger partial charge in [-0.1, -0.05) is 36.1 Å². The first-order valence-electron chi connectivity index (χ1n) is 13.8. The fourth-order valence-electron chi connectivity index (χ4n) is 5.75. The van der Waals surface area contributed by atoms with E-state index in [0.29, 0.717) is 36.9 Å². The number of carbonyl (C=O) groups excluding carboxylic acids is 1. The summed E-state index contributed by atoms with van der Waals surface area (Å²) in [4.78, 5) is 16.6. The number of nitrogens with zero attached hydrogens (tertiary/aromatic N) is 2. The zero-order chi connectivity index (χ0) is 29.4. The molecule has 12 heteroatoms. The molecule has 2 aliphatic heterocycles. The lowest BCUT2D eigenvalue weighted by molar-refractivity contribution is -0.164. The fourth-order valence-corrected chi connectivity index (χ4v) is 6.89. The molecule has 3 fully saturated rings. The number of thioether (sulfide) groups is 1. The maximum Gasteiger partial charge on any atom is 0.418 e. The minimum Gasteiger partial charge on any atom is -0.382 e. The molecule has 5 rings (SSSR count). The summed E-state index contributed by atoms with van der Waals surface area (Å²) < 4.78 is 92.2. The second kappa shape index (κ2) is 12.0. The molecule has 0 spiro atoms. The van der Waals surface area contributed by atoms with E-state index in [1.807, 2.05) is 7.05 Å². The number of amides is 1. The van der Waals surface area contributed by atoms with Gasteiger partial charge in [0.05, 0.1) is 24.3 Å². The lowest BCUT2D eigenvalue weighted by atomic mass is 9.95. The average Bonchev–Trinajstić information content (AvgIpc) is 3.74. The molecule has 2 heterocycles. The first kappa shape index (κ1) is 30.0. The Morgan fingerprint density at radius 3 is 2.32 bits per heavy atom. The molecule has 1 aromatic rings. The van der Waals surface area contributed by atoms with E-state index >= 15 is 0 Å². The van der Waals surface area contributed by atoms with Gasteiger partial charge in [-0.25, -0.2) is 0 Å². The van der Waals surface area contributed by atoms with Crippen LogP contribution in [0.4, 0.5) is 26.3 Å². The normalized spacial score (nSPS) is 24.5. The van der Waals surface area contributed by atoms with Crippen LogP contribution in [-0.4, -0.2) is 68.2 Å². The Balaban J connectivity index is 1.49. The van der Waals surface area contributed by atoms with E-state index in [0.717, 1.165) is 49.8 Å². The van der Waals surface area contributed by atoms with Crippen LogP contribution in [0.15, 0.2) is 51.9 Å². The molecular formula is C29H33F6N3O2S. The zero-order valence-corrected chi connectivity index (χ0v) is 23.5. The van der Waals surface area contributed by atoms with E-state index in [1.165, 1.54) is 4.90 Å². The van der Waals surface area contributed by atoms with Crippen molar-refractivity contribution in [2.24, 2.45) is 5.92 Å². The number of benzene rings is 1. The van der Waals surface area contributed by atoms with Crippen molar-refractivity contribution in [3.8, 4) is 0 Å². The van der Waals surface area contributed by atoms with E-state index in [4.69, 9.17) is 4.74 Å². The molecule has 0 aromatic heterocycles. The summed E-state index contributed by atoms with van der Waals surface area (Å²) in [6.45, 7) is 3.05. The number of nitrogens with one attached hydrogen (secondary N) is 1. The smallest absolute Gasteiger partial charge is 0.382 e. The average molecular weight is 602 g/mol. The van der Waals surface area contributed by atoms with Gasteiger partial charge in [-0.05, 0) is 69.4 Å². The van der Waals surface area contributed by atoms with Crippen molar-refractivity contribution in [1.29, 1.82) is 0 Å². The summed E-state index contributed by atoms with van der Waals surface area (Å²) >= 11 is 0.725. The molecular weight excluding hydrogens is 568 g/mol. The number of morpholine rings is 1. The third-order valence-corrected chi connectivity index (χ3v) is 9.21. The van der Waals surface area contributed by atoms with Gasteiger partial charge in [-0.15, -0.1) is 0 Å². The number of piperidine rings is 1. The van der Waals surface area contributed by atoms with Crippen LogP contribution in [0.5, 0.6) is 0 Å². The zero-order valence-electron chi connectivity index (χ0n) is 22.7. The summed E-state index contributed by atoms with van der Waals surface area (Å²) in [6, 6.07) is 2.40. The predicted molar refractivity (Wildman–Crippen MR) is 144 cm³/mol. The second-order valence-corrected chi connectivity index (χ2v) is 12.1. The molecule has 4 aliphatic rings. The van der Waals surface area contributed by atoms with Crippen LogP contribution in [-0.2, 0) is 21.9 Å². The molecule has 1 saturated carbocycles. The minimum atomic E-state index is -5.25. The van der Waals surface area contributed by atoms with Gasteiger partial charge in [-0.3, -0.25) is 4.79 Å². The molecule has 1 aromatic carbocycles. The van der Waals surface area contributed by atoms with Gasteiger partial charge in [0.25, 0.3) is 0 Å². The largest absolute Gasteiger partial charge is 0.418 e. The van der Waals surface area contributed by atoms with E-state index in [-0.39, 0.29) is 24.8 Å². The molecule has 41 heavy (non-hydrogen) atoms. The van der Waals surface area contributed by atoms with Crippen LogP contribution < -0.4 is 5.32 Å². The number of carbonyl (C=O) groups is 1. The summed E-state index contributed by atoms with van der Waals surface area (Å²) in [5.74, 6) is -2.00. The SMILES string of the molecule is CN1CCC(NC2=C(Sc3ccc(C4CC4C(=O)N4CCOCC4)c(C(F)(F)F)c3C(F)(F)F)CC=CC=C2)CC1. The topological polar surface area (TPSA) is 44.8 Å². The Labute approximate surface area is 239 Å². The van der Waals surface area contributed by atoms with Crippen molar-refractivity contribution in [3.63, 3.8) is 0 Å². The van der Waals surface area contributed by atoms with E-state index in [9.17, 15) is 31.1 Å². The third kappa shape index (κ3) is 6.97. The highest BCUT2D eigenvalue weighted by atomic mass is 32.2. The molecule has 2 aliphatic carbocycles. The summed E-state index contributed by atoms with van der Waals surface area (Å²) in [6.07, 6.45) is -1.32. The lowest BCUT2D eigenvalue weighted by Gasteiger charge is -2.31. The fraction of sp³-hybridized carbons (Fsp3) is 0.552. The summed E-state index contributed by atoms with van der Waals surface area (Å²) in [7, 11) is 2.02. The van der Waals surface area contributed by atoms with Crippen molar-refractivity contribution < 1.29 is 35.9 Å². The first-order valence-corrected chi connectivity index (χ1v) is 14.6. The van der Waals surface area contributed by atoms with Crippen LogP contribution in [0.3, 0.4) is 0 Å². The standard InChI is InChI=1S/C29H33F6N3O2S/c1-37-11-9-18(10-12-37)36-22-5-3-2-4-6-23(22)41-24-8-7-19(25(28(30,31)32)26(24)29(33,34)35)20-17-21(20)27(39)38-13-15-40-16-14-38/h2-5,7-8,18,20-21,36H,6,9-17H2,1H3. The molecule has 1 N–H and O–H groups in total. The number of allylic oxidation sites excluding steroid dienone is 5. The van der Waals surface area contributed by atoms with Crippen LogP contribution >= 0.6 is 11.8 Å². The lowest BCUT2D eigenvalue weighted by Crippen LogP contribution is -2.41. The first-order chi connectivity index (χ1) is 19.4. The number of halogens is 6. The number of likely N-dealkylation sites (tertiary alicyclic amines) is 1. The molecule has 2 atom stereocenters. The Kier molecular flexibility index (Phi) is 8.82. The second-order valence-electron chi connectivity index (χ2n) is 10.9. The van der Waals surface area contributed by atoms with Crippen LogP contribution in [0.1, 0.15) is 48.3 Å². The number of rotatable bonds is 6. The maximum absolute atomic E-state index is 14.5. The highest BCUT2D eigenvalue weighted by molar-refractivity contribution is 8.03. The highest BCUT2D eigenvalue weighted by Crippen LogP contribution is 2.56. The Bertz CT molecular complexity index is 1230. The number of hydrogen-bond acceptors (Lipinski definition) is 5. The number of alkyl halides is 6. The van der Waals surface area contributed by atoms with Crippen molar-refractivity contribution in [3.05, 3.63) is 63.7 Å². The molecule has 2 unspecified atom stereocenters. The molecule has 2 saturated heterocycles. The van der Waals surface area contributed by atoms with E-state index < -0.39 is 45.8 Å². The monoisotopic (exact) mass is 601 g/mol. The highest BCUT2D eigenvalue weighted by Gasteiger charge is 2.53. The van der Waals surface area contributed by atoms with E-state index in [1.54, 1.807) is 24.3 Å². The number of ether oxygens (including phenoxy) is 1. The Morgan fingerprint density at radius 1 is 0.976 bits per heavy atom. The van der Waals surface area contributed by atoms with Crippen molar-refractivity contribution >= 4 is 17.7 Å². The Morgan fingerprint density at radius 2 is 1.66 bits per heavy atom. The third-order valence-electron chi connectivity index (χ3n) is 8.02. The van der Waals surface area contributed by atoms with Crippen LogP contribution in [0.2, 0.25) is 0 Å². The molecule has 0 radical (unpaired) electrons. The predicted octanol–water partition coefficient (Wildman–Crippen LogP) is 6.19. The maximum atomic E-state index is 14.5. The molecule has 224 valence electrons. The van der Waals surface area contributed by atoms with Crippen molar-refractivity contribution in [2.45, 2.75) is 54.9 Å². The van der Waals surface area contributed by atoms with Gasteiger partial charge in [0.1, 0.15) is 0 Å². The van der Waals surface area contributed by atoms with Gasteiger partial charge in [0.15, 0.2) is 0 Å². The Hall–Kier alpha value is -2.44. The molecule has 1 amide bonds.